The highest BCUT2D eigenvalue weighted by Crippen LogP contribution is 2.25. The molecule has 0 unspecified atom stereocenters. The van der Waals surface area contributed by atoms with Crippen molar-refractivity contribution in [2.75, 3.05) is 0 Å². The van der Waals surface area contributed by atoms with Gasteiger partial charge in [-0.15, -0.1) is 0 Å². The van der Waals surface area contributed by atoms with Crippen molar-refractivity contribution in [2.45, 2.75) is 58.3 Å². The van der Waals surface area contributed by atoms with E-state index in [0.717, 1.165) is 11.6 Å². The molecule has 1 aromatic heterocycles. The average molecular weight is 459 g/mol. The lowest BCUT2D eigenvalue weighted by Crippen LogP contribution is -2.47. The number of hydrogen-bond acceptors (Lipinski definition) is 5. The van der Waals surface area contributed by atoms with Gasteiger partial charge in [-0.3, -0.25) is 14.6 Å². The third-order valence-corrected chi connectivity index (χ3v) is 5.61. The number of halogens is 2. The van der Waals surface area contributed by atoms with E-state index in [0.29, 0.717) is 6.42 Å². The first-order valence-corrected chi connectivity index (χ1v) is 10.8. The van der Waals surface area contributed by atoms with Gasteiger partial charge in [0.25, 0.3) is 0 Å². The molecule has 1 N–H and O–H groups in total. The molecule has 33 heavy (non-hydrogen) atoms. The van der Waals surface area contributed by atoms with Gasteiger partial charge in [0.15, 0.2) is 11.6 Å². The zero-order valence-corrected chi connectivity index (χ0v) is 18.6. The largest absolute Gasteiger partial charge is 0.459 e. The van der Waals surface area contributed by atoms with Crippen molar-refractivity contribution >= 4 is 17.8 Å². The molecule has 176 valence electrons. The van der Waals surface area contributed by atoms with Crippen molar-refractivity contribution < 1.29 is 27.9 Å². The number of likely N-dealkylation sites (tertiary alicyclic amines) is 1. The van der Waals surface area contributed by atoms with Gasteiger partial charge < -0.3 is 15.0 Å². The summed E-state index contributed by atoms with van der Waals surface area (Å²) in [4.78, 5) is 42.9. The van der Waals surface area contributed by atoms with Crippen molar-refractivity contribution in [3.63, 3.8) is 0 Å². The predicted molar refractivity (Wildman–Crippen MR) is 115 cm³/mol. The van der Waals surface area contributed by atoms with Crippen LogP contribution in [0.2, 0.25) is 0 Å². The van der Waals surface area contributed by atoms with Gasteiger partial charge in [-0.05, 0) is 36.1 Å². The number of nitrogens with zero attached hydrogens (tertiary/aromatic N) is 2. The fourth-order valence-corrected chi connectivity index (χ4v) is 3.74. The number of hydrogen-bond donors (Lipinski definition) is 1. The zero-order valence-electron chi connectivity index (χ0n) is 18.6. The Morgan fingerprint density at radius 1 is 1.21 bits per heavy atom. The molecule has 0 spiro atoms. The molecule has 2 atom stereocenters. The zero-order chi connectivity index (χ0) is 24.0. The van der Waals surface area contributed by atoms with Gasteiger partial charge in [-0.25, -0.2) is 13.6 Å². The van der Waals surface area contributed by atoms with Gasteiger partial charge in [0.05, 0.1) is 0 Å². The third-order valence-electron chi connectivity index (χ3n) is 5.61. The fourth-order valence-electron chi connectivity index (χ4n) is 3.74. The SMILES string of the molecule is CC(C)[C@H](NC(=O)C[C@@H]1CCC(=O)N1Cc1cccc(F)c1F)C(=O)OCc1ccncc1. The topological polar surface area (TPSA) is 88.6 Å². The van der Waals surface area contributed by atoms with E-state index in [1.807, 2.05) is 0 Å². The van der Waals surface area contributed by atoms with Crippen LogP contribution in [0.25, 0.3) is 0 Å². The van der Waals surface area contributed by atoms with Crippen LogP contribution < -0.4 is 5.32 Å². The molecule has 0 radical (unpaired) electrons. The second-order valence-corrected chi connectivity index (χ2v) is 8.38. The van der Waals surface area contributed by atoms with Crippen molar-refractivity contribution in [1.29, 1.82) is 0 Å². The Hall–Kier alpha value is -3.36. The summed E-state index contributed by atoms with van der Waals surface area (Å²) in [6, 6.07) is 5.92. The van der Waals surface area contributed by atoms with Crippen molar-refractivity contribution in [3.05, 3.63) is 65.5 Å². The molecule has 1 saturated heterocycles. The van der Waals surface area contributed by atoms with Gasteiger partial charge in [-0.1, -0.05) is 26.0 Å². The summed E-state index contributed by atoms with van der Waals surface area (Å²) in [6.45, 7) is 3.51. The Labute approximate surface area is 191 Å². The molecule has 0 aliphatic carbocycles. The molecule has 0 saturated carbocycles. The average Bonchev–Trinajstić information content (AvgIpc) is 3.13. The van der Waals surface area contributed by atoms with Crippen LogP contribution in [0, 0.1) is 17.6 Å². The number of carbonyl (C=O) groups is 3. The van der Waals surface area contributed by atoms with Crippen LogP contribution in [0.3, 0.4) is 0 Å². The van der Waals surface area contributed by atoms with E-state index in [9.17, 15) is 23.2 Å². The summed E-state index contributed by atoms with van der Waals surface area (Å²) in [7, 11) is 0. The molecule has 1 fully saturated rings. The van der Waals surface area contributed by atoms with E-state index in [4.69, 9.17) is 4.74 Å². The molecule has 2 heterocycles. The van der Waals surface area contributed by atoms with Gasteiger partial charge in [-0.2, -0.15) is 0 Å². The number of benzene rings is 1. The second kappa shape index (κ2) is 11.0. The number of rotatable bonds is 9. The molecule has 1 aromatic carbocycles. The van der Waals surface area contributed by atoms with Crippen LogP contribution in [0.4, 0.5) is 8.78 Å². The van der Waals surface area contributed by atoms with Crippen LogP contribution >= 0.6 is 0 Å². The molecular formula is C24H27F2N3O4. The third kappa shape index (κ3) is 6.34. The van der Waals surface area contributed by atoms with Gasteiger partial charge in [0, 0.05) is 43.4 Å². The first kappa shape index (κ1) is 24.3. The molecule has 7 nitrogen and oxygen atoms in total. The minimum atomic E-state index is -1.00. The highest BCUT2D eigenvalue weighted by atomic mass is 19.2. The van der Waals surface area contributed by atoms with Crippen LogP contribution in [0.1, 0.15) is 44.2 Å². The second-order valence-electron chi connectivity index (χ2n) is 8.38. The lowest BCUT2D eigenvalue weighted by Gasteiger charge is -2.26. The number of ether oxygens (including phenoxy) is 1. The van der Waals surface area contributed by atoms with Gasteiger partial charge in [0.1, 0.15) is 12.6 Å². The van der Waals surface area contributed by atoms with E-state index in [1.165, 1.54) is 17.0 Å². The maximum Gasteiger partial charge on any atom is 0.329 e. The van der Waals surface area contributed by atoms with Crippen LogP contribution in [0.15, 0.2) is 42.7 Å². The van der Waals surface area contributed by atoms with E-state index < -0.39 is 35.6 Å². The fraction of sp³-hybridized carbons (Fsp3) is 0.417. The summed E-state index contributed by atoms with van der Waals surface area (Å²) >= 11 is 0. The highest BCUT2D eigenvalue weighted by molar-refractivity contribution is 5.86. The quantitative estimate of drug-likeness (QED) is 0.582. The van der Waals surface area contributed by atoms with E-state index in [2.05, 4.69) is 10.3 Å². The molecule has 1 aliphatic rings. The molecule has 3 rings (SSSR count). The van der Waals surface area contributed by atoms with E-state index >= 15 is 0 Å². The number of aromatic nitrogens is 1. The monoisotopic (exact) mass is 459 g/mol. The maximum absolute atomic E-state index is 14.1. The Balaban J connectivity index is 1.60. The summed E-state index contributed by atoms with van der Waals surface area (Å²) in [5, 5.41) is 2.70. The van der Waals surface area contributed by atoms with Crippen molar-refractivity contribution in [3.8, 4) is 0 Å². The highest BCUT2D eigenvalue weighted by Gasteiger charge is 2.34. The molecule has 1 aliphatic heterocycles. The minimum Gasteiger partial charge on any atom is -0.459 e. The van der Waals surface area contributed by atoms with Crippen LogP contribution in [-0.4, -0.2) is 39.8 Å². The summed E-state index contributed by atoms with van der Waals surface area (Å²) < 4.78 is 32.9. The first-order valence-electron chi connectivity index (χ1n) is 10.8. The number of esters is 1. The number of pyridine rings is 1. The standard InChI is InChI=1S/C24H27F2N3O4/c1-15(2)23(24(32)33-14-16-8-10-27-11-9-16)28-20(30)12-18-6-7-21(31)29(18)13-17-4-3-5-19(25)22(17)26/h3-5,8-11,15,18,23H,6-7,12-14H2,1-2H3,(H,28,30)/t18-,23-/m0/s1. The minimum absolute atomic E-state index is 0.0513. The Kier molecular flexibility index (Phi) is 8.08. The van der Waals surface area contributed by atoms with Crippen molar-refractivity contribution in [1.82, 2.24) is 15.2 Å². The molecule has 2 aromatic rings. The van der Waals surface area contributed by atoms with Gasteiger partial charge >= 0.3 is 5.97 Å². The molecular weight excluding hydrogens is 432 g/mol. The normalized spacial score (nSPS) is 16.7. The van der Waals surface area contributed by atoms with Gasteiger partial charge in [0.2, 0.25) is 11.8 Å². The first-order chi connectivity index (χ1) is 15.8. The van der Waals surface area contributed by atoms with E-state index in [-0.39, 0.29) is 43.4 Å². The van der Waals surface area contributed by atoms with Crippen LogP contribution in [0.5, 0.6) is 0 Å². The Morgan fingerprint density at radius 2 is 1.94 bits per heavy atom. The van der Waals surface area contributed by atoms with Crippen LogP contribution in [-0.2, 0) is 32.3 Å². The molecule has 9 heteroatoms. The Bertz CT molecular complexity index is 1000. The lowest BCUT2D eigenvalue weighted by molar-refractivity contribution is -0.150. The smallest absolute Gasteiger partial charge is 0.329 e. The van der Waals surface area contributed by atoms with Crippen molar-refractivity contribution in [2.24, 2.45) is 5.92 Å². The summed E-state index contributed by atoms with van der Waals surface area (Å²) in [5.41, 5.74) is 0.826. The number of amides is 2. The summed E-state index contributed by atoms with van der Waals surface area (Å²) in [6.07, 6.45) is 3.77. The molecule has 2 amide bonds. The predicted octanol–water partition coefficient (Wildman–Crippen LogP) is 3.13. The number of carbonyl (C=O) groups excluding carboxylic acids is 3. The number of nitrogens with one attached hydrogen (secondary N) is 1. The molecule has 0 bridgehead atoms. The lowest BCUT2D eigenvalue weighted by atomic mass is 10.0. The summed E-state index contributed by atoms with van der Waals surface area (Å²) in [5.74, 6) is -3.42. The Morgan fingerprint density at radius 3 is 2.64 bits per heavy atom. The van der Waals surface area contributed by atoms with E-state index in [1.54, 1.807) is 38.4 Å². The maximum atomic E-state index is 14.1.